The van der Waals surface area contributed by atoms with Crippen LogP contribution >= 0.6 is 15.8 Å². The molecule has 6 heteroatoms. The van der Waals surface area contributed by atoms with Gasteiger partial charge in [-0.25, -0.2) is 6.21 Å². The zero-order valence-electron chi connectivity index (χ0n) is 22.8. The van der Waals surface area contributed by atoms with Crippen molar-refractivity contribution in [2.75, 3.05) is 25.4 Å². The molecule has 4 aromatic rings. The Labute approximate surface area is 248 Å². The van der Waals surface area contributed by atoms with Crippen LogP contribution in [0.25, 0.3) is 5.41 Å². The van der Waals surface area contributed by atoms with Crippen molar-refractivity contribution in [1.29, 1.82) is 0 Å². The van der Waals surface area contributed by atoms with Gasteiger partial charge in [-0.15, -0.1) is 0 Å². The molecule has 0 heterocycles. The molecule has 202 valence electrons. The fraction of sp³-hybridized carbons (Fsp3) is 0.152. The Bertz CT molecular complexity index is 1030. The normalized spacial score (nSPS) is 10.5. The molecule has 39 heavy (non-hydrogen) atoms. The summed E-state index contributed by atoms with van der Waals surface area (Å²) in [6.07, 6.45) is 7.23. The quantitative estimate of drug-likeness (QED) is 0.0677. The average Bonchev–Trinajstić information content (AvgIpc) is 2.96. The van der Waals surface area contributed by atoms with E-state index >= 15 is 0 Å². The molecule has 0 fully saturated rings. The van der Waals surface area contributed by atoms with E-state index in [4.69, 9.17) is 15.4 Å². The van der Waals surface area contributed by atoms with E-state index < -0.39 is 15.8 Å². The van der Waals surface area contributed by atoms with Crippen LogP contribution < -0.4 is 21.2 Å². The molecule has 0 saturated carbocycles. The van der Waals surface area contributed by atoms with Crippen molar-refractivity contribution < 1.29 is 17.1 Å². The minimum Gasteiger partial charge on any atom is -0.814 e. The first-order valence-electron chi connectivity index (χ1n) is 12.7. The van der Waals surface area contributed by atoms with Gasteiger partial charge in [-0.05, 0) is 48.5 Å². The summed E-state index contributed by atoms with van der Waals surface area (Å²) in [5, 5.41) is 13.2. The van der Waals surface area contributed by atoms with E-state index in [9.17, 15) is 0 Å². The summed E-state index contributed by atoms with van der Waals surface area (Å²) in [6.45, 7) is 3.04. The first-order chi connectivity index (χ1) is 18.3. The number of hydrogen-bond acceptors (Lipinski definition) is 2. The van der Waals surface area contributed by atoms with Gasteiger partial charge in [0.1, 0.15) is 12.3 Å². The van der Waals surface area contributed by atoms with Crippen LogP contribution in [-0.4, -0.2) is 44.1 Å². The van der Waals surface area contributed by atoms with Crippen molar-refractivity contribution in [2.45, 2.75) is 6.92 Å². The van der Waals surface area contributed by atoms with Gasteiger partial charge >= 0.3 is 17.1 Å². The van der Waals surface area contributed by atoms with Gasteiger partial charge in [0.05, 0.1) is 50.2 Å². The average molecular weight is 595 g/mol. The smallest absolute Gasteiger partial charge is 0.814 e. The van der Waals surface area contributed by atoms with Crippen LogP contribution in [0.2, 0.25) is 0 Å². The maximum atomic E-state index is 7.44. The molecule has 0 N–H and O–H groups in total. The number of hydrogen-bond donors (Lipinski definition) is 0. The van der Waals surface area contributed by atoms with Crippen molar-refractivity contribution in [3.8, 4) is 0 Å². The van der Waals surface area contributed by atoms with Crippen LogP contribution in [0, 0.1) is 7.43 Å². The Morgan fingerprint density at radius 2 is 0.769 bits per heavy atom. The molecule has 3 nitrogen and oxygen atoms in total. The van der Waals surface area contributed by atoms with Crippen molar-refractivity contribution in [1.82, 2.24) is 0 Å². The predicted octanol–water partition coefficient (Wildman–Crippen LogP) is 5.95. The van der Waals surface area contributed by atoms with E-state index in [1.54, 1.807) is 6.92 Å². The third kappa shape index (κ3) is 12.3. The Morgan fingerprint density at radius 3 is 1.00 bits per heavy atom. The van der Waals surface area contributed by atoms with Gasteiger partial charge in [0.25, 0.3) is 0 Å². The van der Waals surface area contributed by atoms with Gasteiger partial charge in [0.2, 0.25) is 0 Å². The monoisotopic (exact) mass is 595 g/mol. The summed E-state index contributed by atoms with van der Waals surface area (Å²) in [5.74, 6) is 0. The maximum absolute atomic E-state index is 7.44. The molecule has 0 spiro atoms. The molecular formula is C33H39FeN3P2+2. The van der Waals surface area contributed by atoms with Gasteiger partial charge in [0, 0.05) is 12.4 Å². The summed E-state index contributed by atoms with van der Waals surface area (Å²) in [6, 6.07) is 43.4. The first kappa shape index (κ1) is 34.3. The van der Waals surface area contributed by atoms with Crippen molar-refractivity contribution in [3.63, 3.8) is 0 Å². The van der Waals surface area contributed by atoms with Crippen molar-refractivity contribution >= 4 is 55.7 Å². The fourth-order valence-corrected chi connectivity index (χ4v) is 8.58. The third-order valence-electron chi connectivity index (χ3n) is 5.70. The zero-order chi connectivity index (χ0) is 26.0. The Kier molecular flexibility index (Phi) is 18.6. The van der Waals surface area contributed by atoms with Gasteiger partial charge < -0.3 is 12.8 Å². The molecule has 4 rings (SSSR count). The maximum Gasteiger partial charge on any atom is 2.00 e. The summed E-state index contributed by atoms with van der Waals surface area (Å²) in [5.41, 5.74) is 0. The van der Waals surface area contributed by atoms with Gasteiger partial charge in [0.15, 0.2) is 0 Å². The fourth-order valence-electron chi connectivity index (χ4n) is 3.97. The SMILES string of the molecule is C(C[PH+](c1ccccc1)c1ccccc1)=NCCN=CC[PH+](c1ccccc1)c1ccccc1.CC=[N-].[CH3-].[Fe+2]. The number of benzene rings is 4. The van der Waals surface area contributed by atoms with E-state index in [-0.39, 0.29) is 24.5 Å². The van der Waals surface area contributed by atoms with E-state index in [1.807, 2.05) is 0 Å². The standard InChI is InChI=1S/C30H30N2P2.C2H4N.CH3.Fe/c1-5-13-27(14-6-1)33(28-15-7-2-8-16-28)25-23-31-21-22-32-24-26-34(29-17-9-3-10-18-29)30-19-11-4-12-20-30;1-2-3;;/h1-20,23-24H,21-22,25-26H2;2H,1H3;1H3;/q;2*-1;+2/p+2. The molecular weight excluding hydrogens is 556 g/mol. The zero-order valence-corrected chi connectivity index (χ0v) is 25.9. The number of nitrogens with zero attached hydrogens (tertiary/aromatic N) is 3. The van der Waals surface area contributed by atoms with Crippen LogP contribution in [0.3, 0.4) is 0 Å². The van der Waals surface area contributed by atoms with Crippen LogP contribution in [0.5, 0.6) is 0 Å². The number of aliphatic imine (C=N–C) groups is 2. The van der Waals surface area contributed by atoms with Crippen LogP contribution in [-0.2, 0) is 17.1 Å². The molecule has 0 aromatic heterocycles. The van der Waals surface area contributed by atoms with E-state index in [2.05, 4.69) is 134 Å². The second-order valence-electron chi connectivity index (χ2n) is 8.27. The summed E-state index contributed by atoms with van der Waals surface area (Å²) in [7, 11) is -1.70. The van der Waals surface area contributed by atoms with Crippen LogP contribution in [0.1, 0.15) is 6.92 Å². The second-order valence-corrected chi connectivity index (χ2v) is 13.3. The Hall–Kier alpha value is -2.73. The largest absolute Gasteiger partial charge is 2.00 e. The van der Waals surface area contributed by atoms with E-state index in [0.717, 1.165) is 31.6 Å². The van der Waals surface area contributed by atoms with E-state index in [0.29, 0.717) is 0 Å². The molecule has 0 aliphatic rings. The van der Waals surface area contributed by atoms with Gasteiger partial charge in [-0.3, -0.25) is 9.98 Å². The van der Waals surface area contributed by atoms with E-state index in [1.165, 1.54) is 21.2 Å². The summed E-state index contributed by atoms with van der Waals surface area (Å²) >= 11 is 0. The minimum atomic E-state index is -0.852. The molecule has 0 saturated heterocycles. The molecule has 4 aromatic carbocycles. The second kappa shape index (κ2) is 21.1. The van der Waals surface area contributed by atoms with Gasteiger partial charge in [-0.2, -0.15) is 0 Å². The predicted molar refractivity (Wildman–Crippen MR) is 179 cm³/mol. The molecule has 0 aliphatic heterocycles. The Morgan fingerprint density at radius 1 is 0.538 bits per heavy atom. The summed E-state index contributed by atoms with van der Waals surface area (Å²) in [4.78, 5) is 9.38. The molecule has 0 amide bonds. The molecule has 0 radical (unpaired) electrons. The van der Waals surface area contributed by atoms with Crippen LogP contribution in [0.15, 0.2) is 131 Å². The third-order valence-corrected chi connectivity index (χ3v) is 11.0. The Balaban J connectivity index is 0.00000145. The molecule has 0 atom stereocenters. The molecule has 0 bridgehead atoms. The minimum absolute atomic E-state index is 0. The topological polar surface area (TPSA) is 47.0 Å². The van der Waals surface area contributed by atoms with Crippen LogP contribution in [0.4, 0.5) is 0 Å². The first-order valence-corrected chi connectivity index (χ1v) is 16.1. The molecule has 0 aliphatic carbocycles. The van der Waals surface area contributed by atoms with Crippen molar-refractivity contribution in [2.24, 2.45) is 9.98 Å². The van der Waals surface area contributed by atoms with Gasteiger partial charge in [-0.1, -0.05) is 79.7 Å². The van der Waals surface area contributed by atoms with Crippen molar-refractivity contribution in [3.05, 3.63) is 134 Å². The molecule has 0 unspecified atom stereocenters. The number of rotatable bonds is 11. The summed E-state index contributed by atoms with van der Waals surface area (Å²) < 4.78 is 0.